The third kappa shape index (κ3) is 4.21. The number of benzene rings is 1. The highest BCUT2D eigenvalue weighted by Crippen LogP contribution is 2.41. The second kappa shape index (κ2) is 8.97. The topological polar surface area (TPSA) is 75.7 Å². The highest BCUT2D eigenvalue weighted by molar-refractivity contribution is 6.06. The zero-order valence-corrected chi connectivity index (χ0v) is 18.8. The molecule has 0 bridgehead atoms. The zero-order chi connectivity index (χ0) is 22.1. The van der Waals surface area contributed by atoms with Crippen LogP contribution in [0.2, 0.25) is 0 Å². The number of carbonyl (C=O) groups is 3. The molecular formula is C26H34N2O4. The van der Waals surface area contributed by atoms with E-state index in [0.29, 0.717) is 31.6 Å². The van der Waals surface area contributed by atoms with Crippen LogP contribution in [0.4, 0.5) is 0 Å². The molecule has 32 heavy (non-hydrogen) atoms. The monoisotopic (exact) mass is 438 g/mol. The molecule has 2 aliphatic heterocycles. The minimum atomic E-state index is -0.333. The Hall–Kier alpha value is -2.21. The van der Waals surface area contributed by atoms with E-state index in [2.05, 4.69) is 5.32 Å². The summed E-state index contributed by atoms with van der Waals surface area (Å²) in [6.45, 7) is 1.94. The lowest BCUT2D eigenvalue weighted by molar-refractivity contribution is -0.139. The van der Waals surface area contributed by atoms with Crippen LogP contribution < -0.4 is 5.32 Å². The maximum absolute atomic E-state index is 13.2. The number of ketones is 1. The summed E-state index contributed by atoms with van der Waals surface area (Å²) < 4.78 is 6.45. The average Bonchev–Trinajstić information content (AvgIpc) is 3.39. The van der Waals surface area contributed by atoms with E-state index in [0.717, 1.165) is 56.9 Å². The second-order valence-electron chi connectivity index (χ2n) is 10.1. The Kier molecular flexibility index (Phi) is 6.06. The molecule has 172 valence electrons. The Labute approximate surface area is 190 Å². The van der Waals surface area contributed by atoms with E-state index >= 15 is 0 Å². The standard InChI is InChI=1S/C26H34N2O4/c29-23-16-22(20-8-4-5-9-21(20)23)25(31)28-14-12-26(13-15-28)11-10-19(32-26)17-27-24(30)18-6-2-1-3-7-18/h4-5,8-9,18-19,22H,1-3,6-7,10-17H2,(H,27,30)/t19-,22-/m0/s1. The smallest absolute Gasteiger partial charge is 0.230 e. The molecule has 2 saturated heterocycles. The van der Waals surface area contributed by atoms with Gasteiger partial charge in [-0.15, -0.1) is 0 Å². The van der Waals surface area contributed by atoms with Gasteiger partial charge < -0.3 is 15.0 Å². The molecule has 5 rings (SSSR count). The van der Waals surface area contributed by atoms with E-state index in [4.69, 9.17) is 4.74 Å². The maximum atomic E-state index is 13.2. The molecule has 0 aromatic heterocycles. The van der Waals surface area contributed by atoms with Gasteiger partial charge in [-0.1, -0.05) is 43.5 Å². The molecule has 2 aliphatic carbocycles. The lowest BCUT2D eigenvalue weighted by Crippen LogP contribution is -2.48. The number of nitrogens with one attached hydrogen (secondary N) is 1. The van der Waals surface area contributed by atoms with Crippen molar-refractivity contribution in [2.45, 2.75) is 81.8 Å². The van der Waals surface area contributed by atoms with Gasteiger partial charge in [0.25, 0.3) is 0 Å². The van der Waals surface area contributed by atoms with Gasteiger partial charge in [-0.2, -0.15) is 0 Å². The number of fused-ring (bicyclic) bond motifs is 1. The van der Waals surface area contributed by atoms with Crippen molar-refractivity contribution in [1.29, 1.82) is 0 Å². The third-order valence-corrected chi connectivity index (χ3v) is 8.13. The summed E-state index contributed by atoms with van der Waals surface area (Å²) in [5.74, 6) is 0.194. The zero-order valence-electron chi connectivity index (χ0n) is 18.8. The third-order valence-electron chi connectivity index (χ3n) is 8.13. The number of ether oxygens (including phenoxy) is 1. The van der Waals surface area contributed by atoms with Crippen LogP contribution in [0.1, 0.15) is 86.0 Å². The molecule has 1 spiro atoms. The number of amides is 2. The quantitative estimate of drug-likeness (QED) is 0.780. The second-order valence-corrected chi connectivity index (χ2v) is 10.1. The molecule has 4 aliphatic rings. The number of nitrogens with zero attached hydrogens (tertiary/aromatic N) is 1. The van der Waals surface area contributed by atoms with E-state index in [-0.39, 0.29) is 41.1 Å². The molecule has 0 unspecified atom stereocenters. The molecule has 6 heteroatoms. The van der Waals surface area contributed by atoms with Crippen molar-refractivity contribution in [3.8, 4) is 0 Å². The molecule has 2 heterocycles. The Morgan fingerprint density at radius 2 is 1.78 bits per heavy atom. The van der Waals surface area contributed by atoms with Crippen molar-refractivity contribution in [3.05, 3.63) is 35.4 Å². The van der Waals surface area contributed by atoms with Crippen LogP contribution in [-0.2, 0) is 14.3 Å². The van der Waals surface area contributed by atoms with E-state index in [1.54, 1.807) is 0 Å². The van der Waals surface area contributed by atoms with E-state index in [1.807, 2.05) is 29.2 Å². The minimum absolute atomic E-state index is 0.0733. The fourth-order valence-corrected chi connectivity index (χ4v) is 6.17. The van der Waals surface area contributed by atoms with Crippen LogP contribution in [0.5, 0.6) is 0 Å². The minimum Gasteiger partial charge on any atom is -0.370 e. The van der Waals surface area contributed by atoms with Gasteiger partial charge in [0, 0.05) is 37.5 Å². The summed E-state index contributed by atoms with van der Waals surface area (Å²) >= 11 is 0. The van der Waals surface area contributed by atoms with Crippen LogP contribution in [0.15, 0.2) is 24.3 Å². The largest absolute Gasteiger partial charge is 0.370 e. The van der Waals surface area contributed by atoms with E-state index in [9.17, 15) is 14.4 Å². The van der Waals surface area contributed by atoms with Crippen molar-refractivity contribution >= 4 is 17.6 Å². The molecule has 1 aromatic carbocycles. The fraction of sp³-hybridized carbons (Fsp3) is 0.654. The Balaban J connectivity index is 1.11. The summed E-state index contributed by atoms with van der Waals surface area (Å²) in [6, 6.07) is 7.51. The first kappa shape index (κ1) is 21.6. The van der Waals surface area contributed by atoms with Crippen LogP contribution in [0, 0.1) is 5.92 Å². The SMILES string of the molecule is O=C1C[C@H](C(=O)N2CCC3(CC[C@@H](CNC(=O)C4CCCCC4)O3)CC2)c2ccccc21. The number of hydrogen-bond acceptors (Lipinski definition) is 4. The highest BCUT2D eigenvalue weighted by atomic mass is 16.5. The summed E-state index contributed by atoms with van der Waals surface area (Å²) in [6.07, 6.45) is 9.58. The predicted octanol–water partition coefficient (Wildman–Crippen LogP) is 3.59. The summed E-state index contributed by atoms with van der Waals surface area (Å²) in [7, 11) is 0. The maximum Gasteiger partial charge on any atom is 0.230 e. The average molecular weight is 439 g/mol. The summed E-state index contributed by atoms with van der Waals surface area (Å²) in [5, 5.41) is 3.13. The lowest BCUT2D eigenvalue weighted by atomic mass is 9.87. The van der Waals surface area contributed by atoms with Gasteiger partial charge in [0.15, 0.2) is 5.78 Å². The first-order chi connectivity index (χ1) is 15.5. The van der Waals surface area contributed by atoms with Gasteiger partial charge >= 0.3 is 0 Å². The molecule has 0 radical (unpaired) electrons. The lowest BCUT2D eigenvalue weighted by Gasteiger charge is -2.40. The molecule has 2 atom stereocenters. The van der Waals surface area contributed by atoms with Gasteiger partial charge in [-0.25, -0.2) is 0 Å². The van der Waals surface area contributed by atoms with Crippen molar-refractivity contribution in [2.75, 3.05) is 19.6 Å². The van der Waals surface area contributed by atoms with Crippen molar-refractivity contribution in [1.82, 2.24) is 10.2 Å². The number of piperidine rings is 1. The van der Waals surface area contributed by atoms with Crippen molar-refractivity contribution < 1.29 is 19.1 Å². The highest BCUT2D eigenvalue weighted by Gasteiger charge is 2.45. The molecule has 1 saturated carbocycles. The van der Waals surface area contributed by atoms with Gasteiger partial charge in [0.2, 0.25) is 11.8 Å². The van der Waals surface area contributed by atoms with Gasteiger partial charge in [0.05, 0.1) is 17.6 Å². The molecule has 6 nitrogen and oxygen atoms in total. The summed E-state index contributed by atoms with van der Waals surface area (Å²) in [4.78, 5) is 39.8. The van der Waals surface area contributed by atoms with E-state index < -0.39 is 0 Å². The Morgan fingerprint density at radius 3 is 2.56 bits per heavy atom. The molecule has 1 N–H and O–H groups in total. The molecular weight excluding hydrogens is 404 g/mol. The predicted molar refractivity (Wildman–Crippen MR) is 120 cm³/mol. The van der Waals surface area contributed by atoms with Gasteiger partial charge in [-0.05, 0) is 44.1 Å². The normalized spacial score (nSPS) is 27.5. The van der Waals surface area contributed by atoms with Crippen LogP contribution in [-0.4, -0.2) is 53.8 Å². The number of hydrogen-bond donors (Lipinski definition) is 1. The number of likely N-dealkylation sites (tertiary alicyclic amines) is 1. The van der Waals surface area contributed by atoms with E-state index in [1.165, 1.54) is 6.42 Å². The molecule has 1 aromatic rings. The van der Waals surface area contributed by atoms with Crippen molar-refractivity contribution in [3.63, 3.8) is 0 Å². The number of rotatable bonds is 4. The Morgan fingerprint density at radius 1 is 1.03 bits per heavy atom. The first-order valence-corrected chi connectivity index (χ1v) is 12.4. The number of Topliss-reactive ketones (excluding diaryl/α,β-unsaturated/α-hetero) is 1. The molecule has 3 fully saturated rings. The fourth-order valence-electron chi connectivity index (χ4n) is 6.17. The first-order valence-electron chi connectivity index (χ1n) is 12.4. The van der Waals surface area contributed by atoms with Crippen molar-refractivity contribution in [2.24, 2.45) is 5.92 Å². The van der Waals surface area contributed by atoms with Gasteiger partial charge in [-0.3, -0.25) is 14.4 Å². The van der Waals surface area contributed by atoms with Crippen LogP contribution in [0.3, 0.4) is 0 Å². The number of carbonyl (C=O) groups excluding carboxylic acids is 3. The van der Waals surface area contributed by atoms with Gasteiger partial charge in [0.1, 0.15) is 0 Å². The van der Waals surface area contributed by atoms with Crippen LogP contribution >= 0.6 is 0 Å². The summed E-state index contributed by atoms with van der Waals surface area (Å²) in [5.41, 5.74) is 1.42. The Bertz CT molecular complexity index is 884. The molecule has 2 amide bonds. The van der Waals surface area contributed by atoms with Crippen LogP contribution in [0.25, 0.3) is 0 Å².